The molecule has 104 valence electrons. The van der Waals surface area contributed by atoms with Gasteiger partial charge >= 0.3 is 0 Å². The van der Waals surface area contributed by atoms with Gasteiger partial charge in [-0.1, -0.05) is 23.7 Å². The molecule has 1 aliphatic rings. The smallest absolute Gasteiger partial charge is 0.166 e. The molecule has 0 bridgehead atoms. The van der Waals surface area contributed by atoms with Crippen molar-refractivity contribution in [2.75, 3.05) is 0 Å². The zero-order valence-electron chi connectivity index (χ0n) is 11.2. The third kappa shape index (κ3) is 2.03. The number of halogens is 1. The first kappa shape index (κ1) is 12.5. The van der Waals surface area contributed by atoms with E-state index in [0.29, 0.717) is 17.0 Å². The number of nitrogens with zero attached hydrogens (tertiary/aromatic N) is 3. The van der Waals surface area contributed by atoms with Crippen molar-refractivity contribution in [1.29, 1.82) is 0 Å². The highest BCUT2D eigenvalue weighted by atomic mass is 35.5. The van der Waals surface area contributed by atoms with Crippen molar-refractivity contribution >= 4 is 23.0 Å². The van der Waals surface area contributed by atoms with E-state index in [-0.39, 0.29) is 11.7 Å². The standard InChI is InChI=1S/C16H12ClN3O/c17-12-3-1-10(2-4-12)11-7-14-13(15(21)8-11)9-18-16-5-6-19-20(14)16/h1-6,9,11H,7-8H2. The monoisotopic (exact) mass is 297 g/mol. The molecule has 0 aliphatic heterocycles. The normalized spacial score (nSPS) is 18.0. The third-order valence-corrected chi connectivity index (χ3v) is 4.28. The predicted molar refractivity (Wildman–Crippen MR) is 79.8 cm³/mol. The molecule has 0 saturated carbocycles. The average molecular weight is 298 g/mol. The molecule has 0 spiro atoms. The van der Waals surface area contributed by atoms with Gasteiger partial charge in [-0.3, -0.25) is 4.79 Å². The van der Waals surface area contributed by atoms with Crippen molar-refractivity contribution in [3.05, 3.63) is 64.6 Å². The Hall–Kier alpha value is -2.20. The van der Waals surface area contributed by atoms with Gasteiger partial charge < -0.3 is 0 Å². The lowest BCUT2D eigenvalue weighted by atomic mass is 9.82. The first-order chi connectivity index (χ1) is 10.2. The summed E-state index contributed by atoms with van der Waals surface area (Å²) in [6.45, 7) is 0. The number of hydrogen-bond acceptors (Lipinski definition) is 3. The SMILES string of the molecule is O=C1CC(c2ccc(Cl)cc2)Cc2c1cnc1ccnn21. The summed E-state index contributed by atoms with van der Waals surface area (Å²) in [7, 11) is 0. The fourth-order valence-electron chi connectivity index (χ4n) is 2.96. The number of aromatic nitrogens is 3. The molecule has 0 saturated heterocycles. The Morgan fingerprint density at radius 1 is 1.14 bits per heavy atom. The molecule has 0 amide bonds. The molecule has 0 N–H and O–H groups in total. The van der Waals surface area contributed by atoms with Crippen LogP contribution in [-0.4, -0.2) is 20.4 Å². The number of hydrogen-bond donors (Lipinski definition) is 0. The highest BCUT2D eigenvalue weighted by Gasteiger charge is 2.28. The van der Waals surface area contributed by atoms with E-state index in [0.717, 1.165) is 23.3 Å². The first-order valence-corrected chi connectivity index (χ1v) is 7.20. The van der Waals surface area contributed by atoms with E-state index in [1.165, 1.54) is 0 Å². The van der Waals surface area contributed by atoms with E-state index in [4.69, 9.17) is 11.6 Å². The van der Waals surface area contributed by atoms with Gasteiger partial charge in [0.1, 0.15) is 0 Å². The second kappa shape index (κ2) is 4.67. The van der Waals surface area contributed by atoms with Gasteiger partial charge in [0.15, 0.2) is 11.4 Å². The van der Waals surface area contributed by atoms with Crippen LogP contribution in [0.15, 0.2) is 42.7 Å². The number of rotatable bonds is 1. The molecule has 4 rings (SSSR count). The molecule has 1 unspecified atom stereocenters. The minimum absolute atomic E-state index is 0.126. The second-order valence-corrected chi connectivity index (χ2v) is 5.74. The Kier molecular flexibility index (Phi) is 2.79. The van der Waals surface area contributed by atoms with E-state index in [1.54, 1.807) is 16.9 Å². The van der Waals surface area contributed by atoms with E-state index in [1.807, 2.05) is 30.3 Å². The van der Waals surface area contributed by atoms with Crippen molar-refractivity contribution < 1.29 is 4.79 Å². The maximum absolute atomic E-state index is 12.4. The van der Waals surface area contributed by atoms with E-state index >= 15 is 0 Å². The Balaban J connectivity index is 1.81. The third-order valence-electron chi connectivity index (χ3n) is 4.03. The van der Waals surface area contributed by atoms with Crippen molar-refractivity contribution in [2.24, 2.45) is 0 Å². The van der Waals surface area contributed by atoms with Crippen LogP contribution >= 0.6 is 11.6 Å². The van der Waals surface area contributed by atoms with Gasteiger partial charge in [0.25, 0.3) is 0 Å². The Morgan fingerprint density at radius 3 is 2.76 bits per heavy atom. The summed E-state index contributed by atoms with van der Waals surface area (Å²) in [6, 6.07) is 9.57. The van der Waals surface area contributed by atoms with Gasteiger partial charge in [0.05, 0.1) is 17.5 Å². The van der Waals surface area contributed by atoms with Gasteiger partial charge in [-0.05, 0) is 30.0 Å². The maximum atomic E-state index is 12.4. The Morgan fingerprint density at radius 2 is 1.95 bits per heavy atom. The van der Waals surface area contributed by atoms with Crippen LogP contribution in [-0.2, 0) is 6.42 Å². The summed E-state index contributed by atoms with van der Waals surface area (Å²) in [5.41, 5.74) is 3.55. The van der Waals surface area contributed by atoms with Crippen LogP contribution in [0.5, 0.6) is 0 Å². The van der Waals surface area contributed by atoms with Crippen molar-refractivity contribution in [3.8, 4) is 0 Å². The molecule has 1 aromatic carbocycles. The summed E-state index contributed by atoms with van der Waals surface area (Å²) in [6.07, 6.45) is 4.66. The minimum Gasteiger partial charge on any atom is -0.294 e. The second-order valence-electron chi connectivity index (χ2n) is 5.30. The van der Waals surface area contributed by atoms with Crippen LogP contribution < -0.4 is 0 Å². The minimum atomic E-state index is 0.126. The molecular formula is C16H12ClN3O. The van der Waals surface area contributed by atoms with Gasteiger partial charge in [-0.2, -0.15) is 5.10 Å². The van der Waals surface area contributed by atoms with Crippen LogP contribution in [0.2, 0.25) is 5.02 Å². The molecule has 2 aromatic heterocycles. The fraction of sp³-hybridized carbons (Fsp3) is 0.188. The van der Waals surface area contributed by atoms with E-state index < -0.39 is 0 Å². The van der Waals surface area contributed by atoms with Gasteiger partial charge in [0, 0.05) is 23.7 Å². The summed E-state index contributed by atoms with van der Waals surface area (Å²) in [5, 5.41) is 5.00. The lowest BCUT2D eigenvalue weighted by Gasteiger charge is -2.24. The number of carbonyl (C=O) groups is 1. The largest absolute Gasteiger partial charge is 0.294 e. The highest BCUT2D eigenvalue weighted by Crippen LogP contribution is 2.32. The van der Waals surface area contributed by atoms with Gasteiger partial charge in [-0.25, -0.2) is 9.50 Å². The fourth-order valence-corrected chi connectivity index (χ4v) is 3.09. The predicted octanol–water partition coefficient (Wildman–Crippen LogP) is 3.30. The lowest BCUT2D eigenvalue weighted by molar-refractivity contribution is 0.0962. The molecular weight excluding hydrogens is 286 g/mol. The lowest BCUT2D eigenvalue weighted by Crippen LogP contribution is -2.22. The zero-order valence-corrected chi connectivity index (χ0v) is 11.9. The Labute approximate surface area is 126 Å². The summed E-state index contributed by atoms with van der Waals surface area (Å²) in [5.74, 6) is 0.290. The molecule has 4 nitrogen and oxygen atoms in total. The van der Waals surface area contributed by atoms with Crippen LogP contribution in [0.3, 0.4) is 0 Å². The summed E-state index contributed by atoms with van der Waals surface area (Å²) in [4.78, 5) is 16.7. The number of benzene rings is 1. The van der Waals surface area contributed by atoms with Crippen molar-refractivity contribution in [2.45, 2.75) is 18.8 Å². The molecule has 1 atom stereocenters. The highest BCUT2D eigenvalue weighted by molar-refractivity contribution is 6.30. The van der Waals surface area contributed by atoms with E-state index in [2.05, 4.69) is 10.1 Å². The summed E-state index contributed by atoms with van der Waals surface area (Å²) < 4.78 is 1.77. The number of Topliss-reactive ketones (excluding diaryl/α,β-unsaturated/α-hetero) is 1. The molecule has 2 heterocycles. The average Bonchev–Trinajstić information content (AvgIpc) is 2.96. The van der Waals surface area contributed by atoms with Crippen molar-refractivity contribution in [1.82, 2.24) is 14.6 Å². The molecule has 1 aliphatic carbocycles. The number of carbonyl (C=O) groups excluding carboxylic acids is 1. The molecule has 0 fully saturated rings. The maximum Gasteiger partial charge on any atom is 0.166 e. The van der Waals surface area contributed by atoms with Gasteiger partial charge in [0.2, 0.25) is 0 Å². The van der Waals surface area contributed by atoms with E-state index in [9.17, 15) is 4.79 Å². The van der Waals surface area contributed by atoms with Crippen LogP contribution in [0, 0.1) is 0 Å². The van der Waals surface area contributed by atoms with Crippen LogP contribution in [0.1, 0.15) is 34.0 Å². The zero-order chi connectivity index (χ0) is 14.4. The number of fused-ring (bicyclic) bond motifs is 3. The Bertz CT molecular complexity index is 838. The molecule has 0 radical (unpaired) electrons. The van der Waals surface area contributed by atoms with Gasteiger partial charge in [-0.15, -0.1) is 0 Å². The quantitative estimate of drug-likeness (QED) is 0.692. The number of ketones is 1. The topological polar surface area (TPSA) is 47.3 Å². The van der Waals surface area contributed by atoms with Crippen LogP contribution in [0.4, 0.5) is 0 Å². The summed E-state index contributed by atoms with van der Waals surface area (Å²) >= 11 is 5.93. The molecule has 3 aromatic rings. The van der Waals surface area contributed by atoms with Crippen LogP contribution in [0.25, 0.3) is 5.65 Å². The first-order valence-electron chi connectivity index (χ1n) is 6.82. The molecule has 5 heteroatoms. The molecule has 21 heavy (non-hydrogen) atoms. The van der Waals surface area contributed by atoms with Crippen molar-refractivity contribution in [3.63, 3.8) is 0 Å².